The number of rotatable bonds is 3. The van der Waals surface area contributed by atoms with Crippen molar-refractivity contribution in [2.75, 3.05) is 13.7 Å². The van der Waals surface area contributed by atoms with Crippen LogP contribution in [0.5, 0.6) is 0 Å². The Balaban J connectivity index is 2.24. The van der Waals surface area contributed by atoms with Gasteiger partial charge in [-0.2, -0.15) is 13.2 Å². The monoisotopic (exact) mass is 379 g/mol. The molecule has 0 bridgehead atoms. The molecule has 0 spiro atoms. The van der Waals surface area contributed by atoms with Crippen LogP contribution in [-0.4, -0.2) is 36.7 Å². The molecule has 2 rings (SSSR count). The fraction of sp³-hybridized carbons (Fsp3) is 0.533. The summed E-state index contributed by atoms with van der Waals surface area (Å²) < 4.78 is 46.3. The molecule has 0 saturated carbocycles. The number of alkyl halides is 3. The number of nitrogens with zero attached hydrogens (tertiary/aromatic N) is 1. The summed E-state index contributed by atoms with van der Waals surface area (Å²) in [6.07, 6.45) is -3.23. The summed E-state index contributed by atoms with van der Waals surface area (Å²) in [7, 11) is 1.18. The smallest absolute Gasteiger partial charge is 0.368 e. The predicted octanol–water partition coefficient (Wildman–Crippen LogP) is 4.08. The fourth-order valence-electron chi connectivity index (χ4n) is 2.57. The van der Waals surface area contributed by atoms with Crippen LogP contribution in [0.3, 0.4) is 0 Å². The Morgan fingerprint density at radius 2 is 1.95 bits per heavy atom. The van der Waals surface area contributed by atoms with E-state index in [4.69, 9.17) is 4.74 Å². The third-order valence-electron chi connectivity index (χ3n) is 3.69. The van der Waals surface area contributed by atoms with Crippen molar-refractivity contribution in [3.63, 3.8) is 0 Å². The first kappa shape index (κ1) is 17.3. The van der Waals surface area contributed by atoms with Crippen LogP contribution in [0.2, 0.25) is 0 Å². The minimum absolute atomic E-state index is 0.0300. The first-order valence-electron chi connectivity index (χ1n) is 7.01. The molecule has 1 saturated heterocycles. The summed E-state index contributed by atoms with van der Waals surface area (Å²) >= 11 is 3.19. The largest absolute Gasteiger partial charge is 0.413 e. The summed E-state index contributed by atoms with van der Waals surface area (Å²) in [6, 6.07) is 3.83. The first-order chi connectivity index (χ1) is 10.3. The summed E-state index contributed by atoms with van der Waals surface area (Å²) in [5.41, 5.74) is 0.0300. The normalized spacial score (nSPS) is 20.5. The molecule has 1 aliphatic rings. The van der Waals surface area contributed by atoms with Crippen molar-refractivity contribution in [2.24, 2.45) is 0 Å². The van der Waals surface area contributed by atoms with Crippen molar-refractivity contribution in [3.05, 3.63) is 34.3 Å². The van der Waals surface area contributed by atoms with Crippen molar-refractivity contribution in [2.45, 2.75) is 37.6 Å². The highest BCUT2D eigenvalue weighted by Gasteiger charge is 2.46. The van der Waals surface area contributed by atoms with E-state index in [-0.39, 0.29) is 5.56 Å². The molecule has 1 aliphatic heterocycles. The standard InChI is InChI=1S/C15H17BrF3NO2/c1-20(14(21)12-4-2-3-9-22-12)13(15(17,18)19)10-5-7-11(16)8-6-10/h5-8,12-13H,2-4,9H2,1H3/t12?,13-/m0/s1. The highest BCUT2D eigenvalue weighted by Crippen LogP contribution is 2.38. The average molecular weight is 380 g/mol. The van der Waals surface area contributed by atoms with E-state index in [1.165, 1.54) is 31.3 Å². The lowest BCUT2D eigenvalue weighted by molar-refractivity contribution is -0.194. The summed E-state index contributed by atoms with van der Waals surface area (Å²) in [5.74, 6) is -0.620. The second-order valence-electron chi connectivity index (χ2n) is 5.30. The van der Waals surface area contributed by atoms with Crippen LogP contribution in [0.1, 0.15) is 30.9 Å². The van der Waals surface area contributed by atoms with Gasteiger partial charge in [0.05, 0.1) is 0 Å². The molecule has 122 valence electrons. The molecule has 1 heterocycles. The van der Waals surface area contributed by atoms with Crippen molar-refractivity contribution in [1.29, 1.82) is 0 Å². The molecule has 0 aliphatic carbocycles. The highest BCUT2D eigenvalue weighted by molar-refractivity contribution is 9.10. The lowest BCUT2D eigenvalue weighted by atomic mass is 10.0. The molecule has 1 unspecified atom stereocenters. The maximum atomic E-state index is 13.4. The number of ether oxygens (including phenoxy) is 1. The van der Waals surface area contributed by atoms with Crippen molar-refractivity contribution in [3.8, 4) is 0 Å². The Kier molecular flexibility index (Phi) is 5.50. The van der Waals surface area contributed by atoms with Gasteiger partial charge >= 0.3 is 6.18 Å². The van der Waals surface area contributed by atoms with E-state index in [1.54, 1.807) is 0 Å². The van der Waals surface area contributed by atoms with Gasteiger partial charge in [0.25, 0.3) is 5.91 Å². The molecule has 1 fully saturated rings. The van der Waals surface area contributed by atoms with Gasteiger partial charge in [-0.05, 0) is 37.0 Å². The Bertz CT molecular complexity index is 513. The summed E-state index contributed by atoms with van der Waals surface area (Å²) in [6.45, 7) is 0.416. The SMILES string of the molecule is CN(C(=O)C1CCCCO1)[C@@H](c1ccc(Br)cc1)C(F)(F)F. The van der Waals surface area contributed by atoms with Gasteiger partial charge in [-0.25, -0.2) is 0 Å². The topological polar surface area (TPSA) is 29.5 Å². The van der Waals surface area contributed by atoms with Gasteiger partial charge in [-0.1, -0.05) is 28.1 Å². The van der Waals surface area contributed by atoms with E-state index >= 15 is 0 Å². The Morgan fingerprint density at radius 1 is 1.32 bits per heavy atom. The van der Waals surface area contributed by atoms with E-state index in [9.17, 15) is 18.0 Å². The minimum Gasteiger partial charge on any atom is -0.368 e. The van der Waals surface area contributed by atoms with E-state index in [1.807, 2.05) is 0 Å². The van der Waals surface area contributed by atoms with Gasteiger partial charge in [0.2, 0.25) is 0 Å². The second kappa shape index (κ2) is 7.00. The van der Waals surface area contributed by atoms with Gasteiger partial charge in [0.1, 0.15) is 6.10 Å². The zero-order valence-corrected chi connectivity index (χ0v) is 13.7. The van der Waals surface area contributed by atoms with E-state index in [2.05, 4.69) is 15.9 Å². The molecular formula is C15H17BrF3NO2. The molecule has 0 radical (unpaired) electrons. The predicted molar refractivity (Wildman–Crippen MR) is 79.3 cm³/mol. The average Bonchev–Trinajstić information content (AvgIpc) is 2.48. The third kappa shape index (κ3) is 4.01. The molecular weight excluding hydrogens is 363 g/mol. The van der Waals surface area contributed by atoms with Gasteiger partial charge in [-0.3, -0.25) is 4.79 Å². The fourth-order valence-corrected chi connectivity index (χ4v) is 2.83. The lowest BCUT2D eigenvalue weighted by Gasteiger charge is -2.33. The number of hydrogen-bond acceptors (Lipinski definition) is 2. The molecule has 7 heteroatoms. The van der Waals surface area contributed by atoms with Gasteiger partial charge in [0, 0.05) is 18.1 Å². The molecule has 22 heavy (non-hydrogen) atoms. The Labute approximate surface area is 135 Å². The second-order valence-corrected chi connectivity index (χ2v) is 6.22. The number of halogens is 4. The zero-order valence-electron chi connectivity index (χ0n) is 12.1. The molecule has 1 amide bonds. The molecule has 0 N–H and O–H groups in total. The number of carbonyl (C=O) groups is 1. The van der Waals surface area contributed by atoms with Crippen molar-refractivity contribution >= 4 is 21.8 Å². The maximum absolute atomic E-state index is 13.4. The number of likely N-dealkylation sites (N-methyl/N-ethyl adjacent to an activating group) is 1. The first-order valence-corrected chi connectivity index (χ1v) is 7.80. The number of benzene rings is 1. The van der Waals surface area contributed by atoms with E-state index in [0.29, 0.717) is 17.5 Å². The minimum atomic E-state index is -4.55. The lowest BCUT2D eigenvalue weighted by Crippen LogP contribution is -2.46. The number of hydrogen-bond donors (Lipinski definition) is 0. The van der Waals surface area contributed by atoms with Crippen molar-refractivity contribution in [1.82, 2.24) is 4.90 Å². The number of carbonyl (C=O) groups excluding carboxylic acids is 1. The zero-order chi connectivity index (χ0) is 16.3. The van der Waals surface area contributed by atoms with Gasteiger partial charge < -0.3 is 9.64 Å². The Morgan fingerprint density at radius 3 is 2.45 bits per heavy atom. The number of amides is 1. The van der Waals surface area contributed by atoms with Crippen LogP contribution < -0.4 is 0 Å². The quantitative estimate of drug-likeness (QED) is 0.791. The van der Waals surface area contributed by atoms with Crippen LogP contribution >= 0.6 is 15.9 Å². The van der Waals surface area contributed by atoms with E-state index in [0.717, 1.165) is 17.7 Å². The third-order valence-corrected chi connectivity index (χ3v) is 4.21. The molecule has 1 aromatic carbocycles. The van der Waals surface area contributed by atoms with E-state index < -0.39 is 24.2 Å². The molecule has 2 atom stereocenters. The van der Waals surface area contributed by atoms with Crippen LogP contribution in [-0.2, 0) is 9.53 Å². The van der Waals surface area contributed by atoms with Crippen LogP contribution in [0.25, 0.3) is 0 Å². The Hall–Kier alpha value is -1.08. The highest BCUT2D eigenvalue weighted by atomic mass is 79.9. The molecule has 0 aromatic heterocycles. The molecule has 3 nitrogen and oxygen atoms in total. The van der Waals surface area contributed by atoms with Crippen molar-refractivity contribution < 1.29 is 22.7 Å². The summed E-state index contributed by atoms with van der Waals surface area (Å²) in [5, 5.41) is 0. The molecule has 1 aromatic rings. The van der Waals surface area contributed by atoms with Crippen LogP contribution in [0.15, 0.2) is 28.7 Å². The van der Waals surface area contributed by atoms with Crippen LogP contribution in [0, 0.1) is 0 Å². The van der Waals surface area contributed by atoms with Gasteiger partial charge in [-0.15, -0.1) is 0 Å². The maximum Gasteiger partial charge on any atom is 0.413 e. The van der Waals surface area contributed by atoms with Gasteiger partial charge in [0.15, 0.2) is 6.04 Å². The summed E-state index contributed by atoms with van der Waals surface area (Å²) in [4.78, 5) is 13.1. The van der Waals surface area contributed by atoms with Crippen LogP contribution in [0.4, 0.5) is 13.2 Å².